The third kappa shape index (κ3) is 5.53. The SMILES string of the molecule is CCCCCCC[C@]1(C)NC(=O)N(CC(=O)N[C@@H](C)c2ccc(F)cc2)C1=O. The van der Waals surface area contributed by atoms with E-state index < -0.39 is 17.5 Å². The Labute approximate surface area is 165 Å². The van der Waals surface area contributed by atoms with Crippen molar-refractivity contribution >= 4 is 17.8 Å². The molecule has 4 amide bonds. The number of nitrogens with zero attached hydrogens (tertiary/aromatic N) is 1. The molecule has 0 aromatic heterocycles. The molecule has 154 valence electrons. The number of urea groups is 1. The quantitative estimate of drug-likeness (QED) is 0.472. The molecule has 2 atom stereocenters. The minimum Gasteiger partial charge on any atom is -0.348 e. The highest BCUT2D eigenvalue weighted by Crippen LogP contribution is 2.24. The van der Waals surface area contributed by atoms with E-state index in [1.807, 2.05) is 0 Å². The van der Waals surface area contributed by atoms with E-state index in [0.29, 0.717) is 6.42 Å². The molecule has 6 nitrogen and oxygen atoms in total. The number of imide groups is 1. The number of rotatable bonds is 10. The number of hydrogen-bond acceptors (Lipinski definition) is 3. The highest BCUT2D eigenvalue weighted by Gasteiger charge is 2.47. The standard InChI is InChI=1S/C21H30FN3O3/c1-4-5-6-7-8-13-21(3)19(27)25(20(28)24-21)14-18(26)23-15(2)16-9-11-17(22)12-10-16/h9-12,15H,4-8,13-14H2,1-3H3,(H,23,26)(H,24,28)/t15-,21-/m0/s1. The van der Waals surface area contributed by atoms with Gasteiger partial charge < -0.3 is 10.6 Å². The number of halogens is 1. The van der Waals surface area contributed by atoms with Gasteiger partial charge in [-0.25, -0.2) is 9.18 Å². The maximum absolute atomic E-state index is 13.0. The molecule has 0 bridgehead atoms. The summed E-state index contributed by atoms with van der Waals surface area (Å²) in [5, 5.41) is 5.48. The van der Waals surface area contributed by atoms with Gasteiger partial charge >= 0.3 is 6.03 Å². The average Bonchev–Trinajstić information content (AvgIpc) is 2.85. The van der Waals surface area contributed by atoms with Gasteiger partial charge in [0.2, 0.25) is 5.91 Å². The molecule has 0 radical (unpaired) electrons. The van der Waals surface area contributed by atoms with Crippen molar-refractivity contribution in [3.8, 4) is 0 Å². The molecule has 1 aromatic carbocycles. The fourth-order valence-corrected chi connectivity index (χ4v) is 3.41. The first-order valence-electron chi connectivity index (χ1n) is 9.96. The van der Waals surface area contributed by atoms with E-state index in [4.69, 9.17) is 0 Å². The van der Waals surface area contributed by atoms with Crippen LogP contribution in [0.1, 0.15) is 70.9 Å². The minimum absolute atomic E-state index is 0.332. The summed E-state index contributed by atoms with van der Waals surface area (Å²) in [6.45, 7) is 5.28. The minimum atomic E-state index is -0.952. The number of hydrogen-bond donors (Lipinski definition) is 2. The van der Waals surface area contributed by atoms with Crippen molar-refractivity contribution in [1.82, 2.24) is 15.5 Å². The second-order valence-electron chi connectivity index (χ2n) is 7.66. The van der Waals surface area contributed by atoms with E-state index in [0.717, 1.165) is 42.6 Å². The number of amides is 4. The summed E-state index contributed by atoms with van der Waals surface area (Å²) in [5.41, 5.74) is -0.213. The number of carbonyl (C=O) groups is 3. The number of nitrogens with one attached hydrogen (secondary N) is 2. The van der Waals surface area contributed by atoms with Crippen LogP contribution in [0.5, 0.6) is 0 Å². The lowest BCUT2D eigenvalue weighted by atomic mass is 9.94. The van der Waals surface area contributed by atoms with E-state index in [1.54, 1.807) is 26.0 Å². The molecule has 0 aliphatic carbocycles. The Kier molecular flexibility index (Phi) is 7.54. The van der Waals surface area contributed by atoms with Gasteiger partial charge in [-0.05, 0) is 38.0 Å². The van der Waals surface area contributed by atoms with Crippen molar-refractivity contribution < 1.29 is 18.8 Å². The molecule has 1 heterocycles. The van der Waals surface area contributed by atoms with Crippen LogP contribution in [0.15, 0.2) is 24.3 Å². The van der Waals surface area contributed by atoms with Crippen LogP contribution < -0.4 is 10.6 Å². The van der Waals surface area contributed by atoms with Gasteiger partial charge in [0.15, 0.2) is 0 Å². The van der Waals surface area contributed by atoms with E-state index >= 15 is 0 Å². The smallest absolute Gasteiger partial charge is 0.325 e. The van der Waals surface area contributed by atoms with Crippen LogP contribution in [-0.4, -0.2) is 34.8 Å². The summed E-state index contributed by atoms with van der Waals surface area (Å²) in [6.07, 6.45) is 5.85. The third-order valence-corrected chi connectivity index (χ3v) is 5.17. The molecular weight excluding hydrogens is 361 g/mol. The maximum Gasteiger partial charge on any atom is 0.325 e. The third-order valence-electron chi connectivity index (χ3n) is 5.17. The molecule has 1 saturated heterocycles. The molecule has 1 fully saturated rings. The van der Waals surface area contributed by atoms with E-state index in [2.05, 4.69) is 17.6 Å². The van der Waals surface area contributed by atoms with Crippen molar-refractivity contribution in [2.24, 2.45) is 0 Å². The van der Waals surface area contributed by atoms with Gasteiger partial charge in [-0.15, -0.1) is 0 Å². The van der Waals surface area contributed by atoms with Crippen molar-refractivity contribution in [3.63, 3.8) is 0 Å². The molecule has 28 heavy (non-hydrogen) atoms. The number of carbonyl (C=O) groups excluding carboxylic acids is 3. The highest BCUT2D eigenvalue weighted by atomic mass is 19.1. The normalized spacial score (nSPS) is 20.2. The van der Waals surface area contributed by atoms with Gasteiger partial charge in [-0.1, -0.05) is 51.2 Å². The molecule has 1 aromatic rings. The lowest BCUT2D eigenvalue weighted by Crippen LogP contribution is -2.45. The van der Waals surface area contributed by atoms with Crippen LogP contribution in [0.2, 0.25) is 0 Å². The fraction of sp³-hybridized carbons (Fsp3) is 0.571. The van der Waals surface area contributed by atoms with Crippen LogP contribution in [0.25, 0.3) is 0 Å². The zero-order valence-electron chi connectivity index (χ0n) is 16.9. The van der Waals surface area contributed by atoms with Crippen LogP contribution in [0.4, 0.5) is 9.18 Å². The number of unbranched alkanes of at least 4 members (excludes halogenated alkanes) is 4. The maximum atomic E-state index is 13.0. The molecule has 1 aliphatic heterocycles. The van der Waals surface area contributed by atoms with Crippen molar-refractivity contribution in [1.29, 1.82) is 0 Å². The Morgan fingerprint density at radius 1 is 1.18 bits per heavy atom. The Morgan fingerprint density at radius 3 is 2.46 bits per heavy atom. The summed E-state index contributed by atoms with van der Waals surface area (Å²) < 4.78 is 13.0. The zero-order valence-corrected chi connectivity index (χ0v) is 16.9. The van der Waals surface area contributed by atoms with Crippen molar-refractivity contribution in [3.05, 3.63) is 35.6 Å². The molecule has 2 N–H and O–H groups in total. The molecule has 2 rings (SSSR count). The first-order valence-corrected chi connectivity index (χ1v) is 9.96. The molecule has 0 saturated carbocycles. The van der Waals surface area contributed by atoms with Gasteiger partial charge in [-0.3, -0.25) is 14.5 Å². The van der Waals surface area contributed by atoms with Crippen molar-refractivity contribution in [2.75, 3.05) is 6.54 Å². The zero-order chi connectivity index (χ0) is 20.7. The van der Waals surface area contributed by atoms with E-state index in [1.165, 1.54) is 12.1 Å². The second-order valence-corrected chi connectivity index (χ2v) is 7.66. The van der Waals surface area contributed by atoms with Crippen LogP contribution in [-0.2, 0) is 9.59 Å². The van der Waals surface area contributed by atoms with Gasteiger partial charge in [0.1, 0.15) is 17.9 Å². The Hall–Kier alpha value is -2.44. The largest absolute Gasteiger partial charge is 0.348 e. The molecule has 7 heteroatoms. The van der Waals surface area contributed by atoms with Crippen LogP contribution in [0, 0.1) is 5.82 Å². The first kappa shape index (κ1) is 21.9. The van der Waals surface area contributed by atoms with Crippen LogP contribution in [0.3, 0.4) is 0 Å². The second kappa shape index (κ2) is 9.66. The Balaban J connectivity index is 1.88. The van der Waals surface area contributed by atoms with Gasteiger partial charge in [-0.2, -0.15) is 0 Å². The van der Waals surface area contributed by atoms with Crippen LogP contribution >= 0.6 is 0 Å². The fourth-order valence-electron chi connectivity index (χ4n) is 3.41. The van der Waals surface area contributed by atoms with Gasteiger partial charge in [0, 0.05) is 0 Å². The molecule has 0 unspecified atom stereocenters. The first-order chi connectivity index (χ1) is 13.3. The lowest BCUT2D eigenvalue weighted by molar-refractivity contribution is -0.135. The summed E-state index contributed by atoms with van der Waals surface area (Å²) >= 11 is 0. The Morgan fingerprint density at radius 2 is 1.82 bits per heavy atom. The molecular formula is C21H30FN3O3. The van der Waals surface area contributed by atoms with Gasteiger partial charge in [0.25, 0.3) is 5.91 Å². The summed E-state index contributed by atoms with van der Waals surface area (Å²) in [6, 6.07) is 4.92. The summed E-state index contributed by atoms with van der Waals surface area (Å²) in [5.74, 6) is -1.15. The van der Waals surface area contributed by atoms with Crippen molar-refractivity contribution in [2.45, 2.75) is 70.9 Å². The van der Waals surface area contributed by atoms with E-state index in [-0.39, 0.29) is 24.3 Å². The number of benzene rings is 1. The lowest BCUT2D eigenvalue weighted by Gasteiger charge is -2.22. The summed E-state index contributed by atoms with van der Waals surface area (Å²) in [4.78, 5) is 38.2. The molecule has 1 aliphatic rings. The van der Waals surface area contributed by atoms with E-state index in [9.17, 15) is 18.8 Å². The predicted octanol–water partition coefficient (Wildman–Crippen LogP) is 3.67. The van der Waals surface area contributed by atoms with Gasteiger partial charge in [0.05, 0.1) is 6.04 Å². The highest BCUT2D eigenvalue weighted by molar-refractivity contribution is 6.08. The molecule has 0 spiro atoms. The predicted molar refractivity (Wildman–Crippen MR) is 105 cm³/mol. The average molecular weight is 391 g/mol. The topological polar surface area (TPSA) is 78.5 Å². The Bertz CT molecular complexity index is 707. The summed E-state index contributed by atoms with van der Waals surface area (Å²) in [7, 11) is 0. The monoisotopic (exact) mass is 391 g/mol.